The zero-order chi connectivity index (χ0) is 16.2. The molecule has 23 heavy (non-hydrogen) atoms. The third-order valence-electron chi connectivity index (χ3n) is 4.85. The second-order valence-electron chi connectivity index (χ2n) is 6.56. The first-order valence-corrected chi connectivity index (χ1v) is 8.46. The van der Waals surface area contributed by atoms with Gasteiger partial charge in [-0.25, -0.2) is 4.39 Å². The van der Waals surface area contributed by atoms with Crippen LogP contribution in [0.2, 0.25) is 0 Å². The molecular formula is C18H23FN2O2. The molecule has 0 heterocycles. The van der Waals surface area contributed by atoms with Crippen LogP contribution in [0.5, 0.6) is 0 Å². The van der Waals surface area contributed by atoms with Gasteiger partial charge in [0.05, 0.1) is 0 Å². The van der Waals surface area contributed by atoms with E-state index in [0.29, 0.717) is 13.1 Å². The molecule has 2 amide bonds. The van der Waals surface area contributed by atoms with Crippen molar-refractivity contribution in [1.29, 1.82) is 0 Å². The highest BCUT2D eigenvalue weighted by Crippen LogP contribution is 2.47. The van der Waals surface area contributed by atoms with Crippen LogP contribution in [0.15, 0.2) is 24.3 Å². The molecular weight excluding hydrogens is 295 g/mol. The summed E-state index contributed by atoms with van der Waals surface area (Å²) in [5.41, 5.74) is 1.03. The van der Waals surface area contributed by atoms with Crippen LogP contribution in [0.3, 0.4) is 0 Å². The van der Waals surface area contributed by atoms with Gasteiger partial charge in [0.25, 0.3) is 0 Å². The SMILES string of the molecule is O=C(NCCCNC(=O)C1CC1c1ccc(F)cc1)C1CCC1. The third-order valence-corrected chi connectivity index (χ3v) is 4.85. The van der Waals surface area contributed by atoms with Crippen LogP contribution in [-0.4, -0.2) is 24.9 Å². The van der Waals surface area contributed by atoms with Crippen LogP contribution >= 0.6 is 0 Å². The smallest absolute Gasteiger partial charge is 0.223 e. The standard InChI is InChI=1S/C18H23FN2O2/c19-14-7-5-12(6-8-14)15-11-16(15)18(23)21-10-2-9-20-17(22)13-3-1-4-13/h5-8,13,15-16H,1-4,9-11H2,(H,20,22)(H,21,23). The maximum Gasteiger partial charge on any atom is 0.223 e. The predicted octanol–water partition coefficient (Wildman–Crippen LogP) is 2.35. The highest BCUT2D eigenvalue weighted by molar-refractivity contribution is 5.83. The van der Waals surface area contributed by atoms with Crippen molar-refractivity contribution in [2.45, 2.75) is 38.0 Å². The molecule has 124 valence electrons. The maximum atomic E-state index is 12.9. The van der Waals surface area contributed by atoms with Crippen molar-refractivity contribution in [3.05, 3.63) is 35.6 Å². The number of carbonyl (C=O) groups is 2. The van der Waals surface area contributed by atoms with Crippen LogP contribution in [0.1, 0.15) is 43.6 Å². The molecule has 2 fully saturated rings. The molecule has 1 aromatic carbocycles. The molecule has 2 atom stereocenters. The lowest BCUT2D eigenvalue weighted by Crippen LogP contribution is -2.36. The second kappa shape index (κ2) is 7.11. The van der Waals surface area contributed by atoms with Gasteiger partial charge in [-0.3, -0.25) is 9.59 Å². The third kappa shape index (κ3) is 4.09. The molecule has 2 aliphatic carbocycles. The van der Waals surface area contributed by atoms with Crippen molar-refractivity contribution in [1.82, 2.24) is 10.6 Å². The normalized spacial score (nSPS) is 23.0. The molecule has 2 unspecified atom stereocenters. The molecule has 0 saturated heterocycles. The van der Waals surface area contributed by atoms with Crippen LogP contribution in [0.25, 0.3) is 0 Å². The second-order valence-corrected chi connectivity index (χ2v) is 6.56. The Hall–Kier alpha value is -1.91. The minimum atomic E-state index is -0.251. The number of rotatable bonds is 7. The van der Waals surface area contributed by atoms with Gasteiger partial charge in [0.15, 0.2) is 0 Å². The molecule has 2 aliphatic rings. The molecule has 0 bridgehead atoms. The van der Waals surface area contributed by atoms with Crippen molar-refractivity contribution in [3.8, 4) is 0 Å². The summed E-state index contributed by atoms with van der Waals surface area (Å²) in [6, 6.07) is 6.38. The lowest BCUT2D eigenvalue weighted by atomic mass is 9.85. The molecule has 0 spiro atoms. The van der Waals surface area contributed by atoms with Crippen molar-refractivity contribution >= 4 is 11.8 Å². The number of amides is 2. The van der Waals surface area contributed by atoms with Crippen LogP contribution < -0.4 is 10.6 Å². The van der Waals surface area contributed by atoms with Gasteiger partial charge >= 0.3 is 0 Å². The maximum absolute atomic E-state index is 12.9. The number of hydrogen-bond acceptors (Lipinski definition) is 2. The van der Waals surface area contributed by atoms with Crippen LogP contribution in [0, 0.1) is 17.7 Å². The fourth-order valence-electron chi connectivity index (χ4n) is 3.02. The Balaban J connectivity index is 1.30. The number of nitrogens with one attached hydrogen (secondary N) is 2. The van der Waals surface area contributed by atoms with E-state index in [1.54, 1.807) is 12.1 Å². The summed E-state index contributed by atoms with van der Waals surface area (Å²) in [5, 5.41) is 5.84. The average molecular weight is 318 g/mol. The average Bonchev–Trinajstić information content (AvgIpc) is 3.26. The summed E-state index contributed by atoms with van der Waals surface area (Å²) in [4.78, 5) is 23.7. The van der Waals surface area contributed by atoms with Crippen molar-refractivity contribution < 1.29 is 14.0 Å². The fourth-order valence-corrected chi connectivity index (χ4v) is 3.02. The van der Waals surface area contributed by atoms with E-state index in [0.717, 1.165) is 37.7 Å². The topological polar surface area (TPSA) is 58.2 Å². The van der Waals surface area contributed by atoms with Gasteiger partial charge in [0.2, 0.25) is 11.8 Å². The van der Waals surface area contributed by atoms with Gasteiger partial charge in [0.1, 0.15) is 5.82 Å². The van der Waals surface area contributed by atoms with E-state index in [1.165, 1.54) is 12.1 Å². The molecule has 4 nitrogen and oxygen atoms in total. The van der Waals surface area contributed by atoms with E-state index in [9.17, 15) is 14.0 Å². The summed E-state index contributed by atoms with van der Waals surface area (Å²) in [5.74, 6) is 0.400. The Bertz CT molecular complexity index is 569. The molecule has 2 N–H and O–H groups in total. The van der Waals surface area contributed by atoms with Crippen LogP contribution in [0.4, 0.5) is 4.39 Å². The summed E-state index contributed by atoms with van der Waals surface area (Å²) >= 11 is 0. The Kier molecular flexibility index (Phi) is 4.94. The largest absolute Gasteiger partial charge is 0.356 e. The molecule has 5 heteroatoms. The molecule has 2 saturated carbocycles. The Morgan fingerprint density at radius 2 is 1.70 bits per heavy atom. The van der Waals surface area contributed by atoms with E-state index >= 15 is 0 Å². The minimum Gasteiger partial charge on any atom is -0.356 e. The first-order chi connectivity index (χ1) is 11.1. The number of hydrogen-bond donors (Lipinski definition) is 2. The monoisotopic (exact) mass is 318 g/mol. The highest BCUT2D eigenvalue weighted by atomic mass is 19.1. The van der Waals surface area contributed by atoms with E-state index in [2.05, 4.69) is 10.6 Å². The minimum absolute atomic E-state index is 0.00466. The molecule has 0 aliphatic heterocycles. The molecule has 0 radical (unpaired) electrons. The number of halogens is 1. The van der Waals surface area contributed by atoms with E-state index in [4.69, 9.17) is 0 Å². The summed E-state index contributed by atoms with van der Waals surface area (Å²) in [6.45, 7) is 1.19. The Labute approximate surface area is 135 Å². The zero-order valence-corrected chi connectivity index (χ0v) is 13.2. The number of carbonyl (C=O) groups excluding carboxylic acids is 2. The lowest BCUT2D eigenvalue weighted by molar-refractivity contribution is -0.127. The lowest BCUT2D eigenvalue weighted by Gasteiger charge is -2.23. The van der Waals surface area contributed by atoms with Crippen molar-refractivity contribution in [3.63, 3.8) is 0 Å². The van der Waals surface area contributed by atoms with Crippen molar-refractivity contribution in [2.75, 3.05) is 13.1 Å². The number of benzene rings is 1. The van der Waals surface area contributed by atoms with E-state index in [-0.39, 0.29) is 35.4 Å². The Morgan fingerprint density at radius 3 is 2.30 bits per heavy atom. The van der Waals surface area contributed by atoms with Gasteiger partial charge in [-0.05, 0) is 49.3 Å². The first kappa shape index (κ1) is 16.0. The van der Waals surface area contributed by atoms with Gasteiger partial charge in [-0.15, -0.1) is 0 Å². The summed E-state index contributed by atoms with van der Waals surface area (Å²) in [7, 11) is 0. The Morgan fingerprint density at radius 1 is 1.04 bits per heavy atom. The van der Waals surface area contributed by atoms with E-state index in [1.807, 2.05) is 0 Å². The predicted molar refractivity (Wildman–Crippen MR) is 85.2 cm³/mol. The summed E-state index contributed by atoms with van der Waals surface area (Å²) in [6.07, 6.45) is 4.75. The molecule has 1 aromatic rings. The quantitative estimate of drug-likeness (QED) is 0.758. The van der Waals surface area contributed by atoms with Gasteiger partial charge in [0, 0.05) is 24.9 Å². The molecule has 3 rings (SSSR count). The fraction of sp³-hybridized carbons (Fsp3) is 0.556. The van der Waals surface area contributed by atoms with E-state index < -0.39 is 0 Å². The first-order valence-electron chi connectivity index (χ1n) is 8.46. The highest BCUT2D eigenvalue weighted by Gasteiger charge is 2.43. The van der Waals surface area contributed by atoms with Gasteiger partial charge in [-0.2, -0.15) is 0 Å². The van der Waals surface area contributed by atoms with Crippen molar-refractivity contribution in [2.24, 2.45) is 11.8 Å². The summed E-state index contributed by atoms with van der Waals surface area (Å²) < 4.78 is 12.9. The van der Waals surface area contributed by atoms with Gasteiger partial charge < -0.3 is 10.6 Å². The van der Waals surface area contributed by atoms with Crippen LogP contribution in [-0.2, 0) is 9.59 Å². The van der Waals surface area contributed by atoms with Gasteiger partial charge in [-0.1, -0.05) is 18.6 Å². The molecule has 0 aromatic heterocycles. The zero-order valence-electron chi connectivity index (χ0n) is 13.2.